The van der Waals surface area contributed by atoms with Gasteiger partial charge in [0, 0.05) is 5.02 Å². The predicted molar refractivity (Wildman–Crippen MR) is 96.6 cm³/mol. The molecule has 0 saturated carbocycles. The number of rotatable bonds is 5. The van der Waals surface area contributed by atoms with E-state index in [4.69, 9.17) is 27.9 Å². The van der Waals surface area contributed by atoms with Crippen molar-refractivity contribution in [3.8, 4) is 11.4 Å². The number of hydrogen-bond donors (Lipinski definition) is 1. The lowest BCUT2D eigenvalue weighted by atomic mass is 10.0. The molecule has 3 aromatic rings. The molecule has 2 N–H and O–H groups in total. The van der Waals surface area contributed by atoms with Gasteiger partial charge in [0.05, 0.1) is 30.4 Å². The monoisotopic (exact) mass is 378 g/mol. The maximum absolute atomic E-state index is 6.29. The van der Waals surface area contributed by atoms with Crippen LogP contribution in [0.1, 0.15) is 23.0 Å². The Balaban J connectivity index is 2.15. The maximum atomic E-state index is 6.29. The highest BCUT2D eigenvalue weighted by Gasteiger charge is 2.28. The molecule has 0 amide bonds. The molecule has 130 valence electrons. The van der Waals surface area contributed by atoms with Gasteiger partial charge in [-0.1, -0.05) is 35.3 Å². The van der Waals surface area contributed by atoms with E-state index in [0.29, 0.717) is 21.6 Å². The van der Waals surface area contributed by atoms with Crippen LogP contribution in [0.5, 0.6) is 5.75 Å². The largest absolute Gasteiger partial charge is 0.495 e. The Labute approximate surface area is 155 Å². The number of halogens is 2. The van der Waals surface area contributed by atoms with Crippen LogP contribution < -0.4 is 10.1 Å². The molecular formula is C17H18Cl2N5O+. The number of aryl methyl sites for hydroxylation is 1. The maximum Gasteiger partial charge on any atom is 0.219 e. The Bertz CT molecular complexity index is 896. The number of ether oxygens (including phenoxy) is 1. The first-order valence-corrected chi connectivity index (χ1v) is 8.48. The molecule has 0 spiro atoms. The van der Waals surface area contributed by atoms with Crippen LogP contribution in [0.4, 0.5) is 0 Å². The fourth-order valence-electron chi connectivity index (χ4n) is 2.83. The summed E-state index contributed by atoms with van der Waals surface area (Å²) < 4.78 is 7.20. The van der Waals surface area contributed by atoms with E-state index in [0.717, 1.165) is 16.8 Å². The molecule has 0 radical (unpaired) electrons. The van der Waals surface area contributed by atoms with E-state index in [9.17, 15) is 0 Å². The van der Waals surface area contributed by atoms with Gasteiger partial charge in [-0.3, -0.25) is 0 Å². The van der Waals surface area contributed by atoms with Crippen molar-refractivity contribution in [1.82, 2.24) is 20.2 Å². The standard InChI is InChI=1S/C17H17Cl2N5O/c1-10-5-4-6-12(7-10)24-17(21-22-23-24)15(20-2)13-8-11(18)9-14(19)16(13)25-3/h4-9,15,20H,1-3H3/p+1/t15-/m0/s1. The van der Waals surface area contributed by atoms with E-state index < -0.39 is 0 Å². The number of nitrogens with zero attached hydrogens (tertiary/aromatic N) is 4. The average Bonchev–Trinajstić information content (AvgIpc) is 3.05. The van der Waals surface area contributed by atoms with Crippen LogP contribution in [0.2, 0.25) is 10.0 Å². The first-order chi connectivity index (χ1) is 12.0. The van der Waals surface area contributed by atoms with Gasteiger partial charge in [0.25, 0.3) is 0 Å². The third kappa shape index (κ3) is 3.46. The van der Waals surface area contributed by atoms with Gasteiger partial charge in [-0.25, -0.2) is 0 Å². The molecule has 1 heterocycles. The van der Waals surface area contributed by atoms with Gasteiger partial charge in [-0.2, -0.15) is 4.68 Å². The quantitative estimate of drug-likeness (QED) is 0.740. The topological polar surface area (TPSA) is 69.4 Å². The number of methoxy groups -OCH3 is 1. The lowest BCUT2D eigenvalue weighted by Gasteiger charge is -2.17. The minimum atomic E-state index is -0.235. The zero-order chi connectivity index (χ0) is 18.0. The third-order valence-electron chi connectivity index (χ3n) is 3.93. The van der Waals surface area contributed by atoms with Crippen molar-refractivity contribution in [3.05, 3.63) is 63.4 Å². The van der Waals surface area contributed by atoms with E-state index in [1.807, 2.05) is 49.6 Å². The molecule has 0 fully saturated rings. The predicted octanol–water partition coefficient (Wildman–Crippen LogP) is 2.57. The van der Waals surface area contributed by atoms with E-state index in [1.165, 1.54) is 0 Å². The molecule has 0 aliphatic carbocycles. The fraction of sp³-hybridized carbons (Fsp3) is 0.235. The molecule has 1 atom stereocenters. The summed E-state index contributed by atoms with van der Waals surface area (Å²) in [7, 11) is 3.52. The van der Waals surface area contributed by atoms with E-state index in [2.05, 4.69) is 15.5 Å². The van der Waals surface area contributed by atoms with E-state index >= 15 is 0 Å². The molecule has 6 nitrogen and oxygen atoms in total. The van der Waals surface area contributed by atoms with Gasteiger partial charge in [-0.05, 0) is 47.2 Å². The second-order valence-electron chi connectivity index (χ2n) is 5.61. The lowest BCUT2D eigenvalue weighted by Crippen LogP contribution is -2.81. The molecule has 0 aliphatic rings. The van der Waals surface area contributed by atoms with Crippen LogP contribution in [-0.4, -0.2) is 34.4 Å². The first-order valence-electron chi connectivity index (χ1n) is 7.73. The van der Waals surface area contributed by atoms with Crippen molar-refractivity contribution in [2.45, 2.75) is 13.0 Å². The zero-order valence-electron chi connectivity index (χ0n) is 14.1. The number of tetrazole rings is 1. The van der Waals surface area contributed by atoms with Crippen molar-refractivity contribution >= 4 is 23.2 Å². The van der Waals surface area contributed by atoms with Gasteiger partial charge in [-0.15, -0.1) is 5.10 Å². The average molecular weight is 379 g/mol. The van der Waals surface area contributed by atoms with Crippen molar-refractivity contribution in [2.24, 2.45) is 0 Å². The van der Waals surface area contributed by atoms with Crippen molar-refractivity contribution in [3.63, 3.8) is 0 Å². The lowest BCUT2D eigenvalue weighted by molar-refractivity contribution is -0.662. The number of aromatic nitrogens is 4. The van der Waals surface area contributed by atoms with Crippen LogP contribution in [0.3, 0.4) is 0 Å². The Hall–Kier alpha value is -2.15. The fourth-order valence-corrected chi connectivity index (χ4v) is 3.41. The van der Waals surface area contributed by atoms with Crippen LogP contribution in [-0.2, 0) is 0 Å². The van der Waals surface area contributed by atoms with Crippen LogP contribution in [0.15, 0.2) is 36.4 Å². The van der Waals surface area contributed by atoms with Gasteiger partial charge in [0.15, 0.2) is 6.04 Å². The van der Waals surface area contributed by atoms with Gasteiger partial charge >= 0.3 is 0 Å². The highest BCUT2D eigenvalue weighted by molar-refractivity contribution is 6.35. The smallest absolute Gasteiger partial charge is 0.219 e. The summed E-state index contributed by atoms with van der Waals surface area (Å²) in [6.45, 7) is 2.02. The van der Waals surface area contributed by atoms with Gasteiger partial charge < -0.3 is 10.1 Å². The molecule has 2 aromatic carbocycles. The number of benzene rings is 2. The minimum Gasteiger partial charge on any atom is -0.495 e. The summed E-state index contributed by atoms with van der Waals surface area (Å²) in [5.74, 6) is 1.22. The molecular weight excluding hydrogens is 361 g/mol. The summed E-state index contributed by atoms with van der Waals surface area (Å²) in [6, 6.07) is 11.2. The molecule has 25 heavy (non-hydrogen) atoms. The molecule has 3 rings (SSSR count). The third-order valence-corrected chi connectivity index (χ3v) is 4.43. The molecule has 1 aromatic heterocycles. The van der Waals surface area contributed by atoms with Gasteiger partial charge in [0.1, 0.15) is 5.75 Å². The number of nitrogens with two attached hydrogens (primary N) is 1. The second-order valence-corrected chi connectivity index (χ2v) is 6.45. The number of hydrogen-bond acceptors (Lipinski definition) is 4. The molecule has 0 aliphatic heterocycles. The summed E-state index contributed by atoms with van der Waals surface area (Å²) in [5.41, 5.74) is 2.82. The van der Waals surface area contributed by atoms with E-state index in [-0.39, 0.29) is 6.04 Å². The van der Waals surface area contributed by atoms with Crippen molar-refractivity contribution in [1.29, 1.82) is 0 Å². The van der Waals surface area contributed by atoms with Crippen molar-refractivity contribution in [2.75, 3.05) is 14.2 Å². The van der Waals surface area contributed by atoms with E-state index in [1.54, 1.807) is 17.9 Å². The van der Waals surface area contributed by atoms with Crippen LogP contribution in [0, 0.1) is 6.92 Å². The Morgan fingerprint density at radius 3 is 2.68 bits per heavy atom. The second kappa shape index (κ2) is 7.39. The van der Waals surface area contributed by atoms with Crippen molar-refractivity contribution < 1.29 is 10.1 Å². The SMILES string of the molecule is C[NH2+][C@@H](c1cc(Cl)cc(Cl)c1OC)c1nnnn1-c1cccc(C)c1. The van der Waals surface area contributed by atoms with Crippen LogP contribution in [0.25, 0.3) is 5.69 Å². The zero-order valence-corrected chi connectivity index (χ0v) is 15.6. The molecule has 8 heteroatoms. The highest BCUT2D eigenvalue weighted by atomic mass is 35.5. The highest BCUT2D eigenvalue weighted by Crippen LogP contribution is 2.36. The summed E-state index contributed by atoms with van der Waals surface area (Å²) >= 11 is 12.5. The summed E-state index contributed by atoms with van der Waals surface area (Å²) in [5, 5.41) is 15.2. The van der Waals surface area contributed by atoms with Gasteiger partial charge in [0.2, 0.25) is 5.82 Å². The summed E-state index contributed by atoms with van der Waals surface area (Å²) in [6.07, 6.45) is 0. The summed E-state index contributed by atoms with van der Waals surface area (Å²) in [4.78, 5) is 0. The molecule has 0 saturated heterocycles. The minimum absolute atomic E-state index is 0.235. The Morgan fingerprint density at radius 1 is 1.20 bits per heavy atom. The normalized spacial score (nSPS) is 12.2. The Morgan fingerprint density at radius 2 is 2.00 bits per heavy atom. The molecule has 0 bridgehead atoms. The number of quaternary nitrogens is 1. The first kappa shape index (κ1) is 17.7. The van der Waals surface area contributed by atoms with Crippen LogP contribution >= 0.6 is 23.2 Å². The molecule has 0 unspecified atom stereocenters. The Kier molecular flexibility index (Phi) is 5.22.